The van der Waals surface area contributed by atoms with Crippen LogP contribution >= 0.6 is 19.8 Å². The molecule has 0 aliphatic rings. The molecule has 4 heteroatoms. The summed E-state index contributed by atoms with van der Waals surface area (Å²) in [7, 11) is 0. The molecule has 0 aliphatic heterocycles. The minimum atomic E-state index is 0. The van der Waals surface area contributed by atoms with Crippen molar-refractivity contribution in [3.8, 4) is 0 Å². The first kappa shape index (κ1) is 31.9. The second-order valence-electron chi connectivity index (χ2n) is 0. The Morgan fingerprint density at radius 2 is 1.50 bits per heavy atom. The van der Waals surface area contributed by atoms with Crippen LogP contribution in [0.3, 0.4) is 0 Å². The van der Waals surface area contributed by atoms with Gasteiger partial charge < -0.3 is 6.90 Å². The Bertz CT molecular complexity index is 14.0. The predicted octanol–water partition coefficient (Wildman–Crippen LogP) is -2.85. The number of hydrogen-bond donors (Lipinski definition) is 0. The Morgan fingerprint density at radius 3 is 1.50 bits per heavy atom. The average molecular weight is 133 g/mol. The van der Waals surface area contributed by atoms with Gasteiger partial charge in [-0.1, -0.05) is 0 Å². The van der Waals surface area contributed by atoms with E-state index in [9.17, 15) is 0 Å². The minimum absolute atomic E-state index is 0. The maximum absolute atomic E-state index is 0. The van der Waals surface area contributed by atoms with Crippen molar-refractivity contribution in [1.82, 2.24) is 0 Å². The van der Waals surface area contributed by atoms with E-state index in [0.29, 0.717) is 0 Å². The van der Waals surface area contributed by atoms with Crippen LogP contribution in [0.5, 0.6) is 0 Å². The molecule has 1 nitrogen and oxygen atoms in total. The summed E-state index contributed by atoms with van der Waals surface area (Å²) >= 11 is 0. The van der Waals surface area contributed by atoms with Crippen molar-refractivity contribution in [2.24, 2.45) is 0 Å². The topological polar surface area (TPSA) is 31.5 Å². The van der Waals surface area contributed by atoms with Gasteiger partial charge in [-0.25, -0.2) is 0 Å². The molecule has 0 heterocycles. The van der Waals surface area contributed by atoms with E-state index in [4.69, 9.17) is 0 Å². The first-order valence-corrected chi connectivity index (χ1v) is 0. The first-order valence-electron chi connectivity index (χ1n) is 0. The summed E-state index contributed by atoms with van der Waals surface area (Å²) in [5, 5.41) is 0. The summed E-state index contributed by atoms with van der Waals surface area (Å²) in [5.74, 6) is 0. The van der Waals surface area contributed by atoms with E-state index in [1.807, 2.05) is 0 Å². The van der Waals surface area contributed by atoms with Gasteiger partial charge in [0.25, 0.3) is 0 Å². The van der Waals surface area contributed by atoms with E-state index < -0.39 is 0 Å². The van der Waals surface area contributed by atoms with Crippen LogP contribution in [0, 0.1) is 0 Å². The maximum atomic E-state index is 0. The van der Waals surface area contributed by atoms with Gasteiger partial charge in [0.05, 0.1) is 0 Å². The molecule has 2 atom stereocenters. The van der Waals surface area contributed by atoms with E-state index in [2.05, 4.69) is 0 Å². The zero-order chi connectivity index (χ0) is 0. The van der Waals surface area contributed by atoms with Gasteiger partial charge in [0.1, 0.15) is 0 Å². The van der Waals surface area contributed by atoms with Gasteiger partial charge in [-0.05, 0) is 0 Å². The molecule has 0 amide bonds. The van der Waals surface area contributed by atoms with Gasteiger partial charge in [-0.3, -0.25) is 0 Å². The molecule has 0 spiro atoms. The molecule has 0 aromatic heterocycles. The maximum Gasteiger partial charge on any atom is 1.00 e. The van der Waals surface area contributed by atoms with Crippen molar-refractivity contribution in [3.63, 3.8) is 0 Å². The molecule has 32 valence electrons. The first-order chi connectivity index (χ1) is 0. The summed E-state index contributed by atoms with van der Waals surface area (Å²) in [5.41, 5.74) is 0. The van der Waals surface area contributed by atoms with Crippen molar-refractivity contribution in [2.75, 3.05) is 0 Å². The zero-order valence-corrected chi connectivity index (χ0v) is 8.87. The van der Waals surface area contributed by atoms with E-state index in [1.54, 1.807) is 0 Å². The van der Waals surface area contributed by atoms with Crippen LogP contribution in [0.4, 0.5) is 0 Å². The third-order valence-electron chi connectivity index (χ3n) is 0. The van der Waals surface area contributed by atoms with Crippen LogP contribution in [0.1, 0.15) is 5.71 Å². The van der Waals surface area contributed by atoms with Gasteiger partial charge in [0.2, 0.25) is 0 Å². The van der Waals surface area contributed by atoms with E-state index in [1.165, 1.54) is 0 Å². The third kappa shape index (κ3) is 8.82. The second-order valence-corrected chi connectivity index (χ2v) is 0. The van der Waals surface area contributed by atoms with E-state index in [0.717, 1.165) is 0 Å². The quantitative estimate of drug-likeness (QED) is 0.251. The Kier molecular flexibility index (Phi) is 143. The van der Waals surface area contributed by atoms with Crippen LogP contribution in [-0.4, -0.2) is 5.48 Å². The Labute approximate surface area is 81.2 Å². The number of rotatable bonds is 0. The SMILES string of the molecule is O.P.P.[2HH].[H-].[HH].[HH].[K+]. The molecule has 0 aliphatic carbocycles. The van der Waals surface area contributed by atoms with Gasteiger partial charge >= 0.3 is 51.4 Å². The molecule has 2 N–H and O–H groups in total. The minimum Gasteiger partial charge on any atom is -1.00 e. The van der Waals surface area contributed by atoms with Crippen molar-refractivity contribution < 1.29 is 62.6 Å². The molecule has 0 saturated carbocycles. The van der Waals surface area contributed by atoms with E-state index >= 15 is 0 Å². The van der Waals surface area contributed by atoms with Crippen LogP contribution < -0.4 is 51.4 Å². The van der Waals surface area contributed by atoms with Crippen LogP contribution in [0.2, 0.25) is 0 Å². The Balaban J connectivity index is 0. The summed E-state index contributed by atoms with van der Waals surface area (Å²) in [6.45, 7) is 0. The van der Waals surface area contributed by atoms with Gasteiger partial charge in [-0.15, -0.1) is 0 Å². The standard InChI is InChI=1S/K.H2O.2H3P.3H2.H/h;1H2;2*1H3;3*1H;/q+1;;;;;;;-1/i;;;;1+1;;;. The third-order valence-corrected chi connectivity index (χ3v) is 0. The Morgan fingerprint density at radius 1 is 1.50 bits per heavy atom. The predicted molar refractivity (Wildman–Crippen MR) is 33.3 cm³/mol. The summed E-state index contributed by atoms with van der Waals surface area (Å²) in [4.78, 5) is 0. The van der Waals surface area contributed by atoms with Crippen molar-refractivity contribution in [2.45, 2.75) is 0 Å². The fraction of sp³-hybridized carbons (Fsp3) is 0. The number of hydrogen-bond acceptors (Lipinski definition) is 0. The van der Waals surface area contributed by atoms with Gasteiger partial charge in [-0.2, -0.15) is 19.8 Å². The van der Waals surface area contributed by atoms with Gasteiger partial charge in [0, 0.05) is 4.28 Å². The molecular formula is H15KOP2. The fourth-order valence-corrected chi connectivity index (χ4v) is 0. The zero-order valence-electron chi connectivity index (χ0n) is 3.91. The molecule has 0 saturated heterocycles. The molecule has 2 unspecified atom stereocenters. The van der Waals surface area contributed by atoms with Gasteiger partial charge in [0.15, 0.2) is 0 Å². The average Bonchev–Trinajstić information content (AvgIpc) is 0. The molecule has 0 bridgehead atoms. The smallest absolute Gasteiger partial charge is 1.00 e. The summed E-state index contributed by atoms with van der Waals surface area (Å²) in [6.07, 6.45) is 0. The molecule has 0 aromatic carbocycles. The summed E-state index contributed by atoms with van der Waals surface area (Å²) in [6, 6.07) is 0. The van der Waals surface area contributed by atoms with Crippen molar-refractivity contribution in [3.05, 3.63) is 0 Å². The molecule has 0 fully saturated rings. The van der Waals surface area contributed by atoms with Crippen molar-refractivity contribution >= 4 is 19.8 Å². The monoisotopic (exact) mass is 133 g/mol. The summed E-state index contributed by atoms with van der Waals surface area (Å²) < 4.78 is 0. The van der Waals surface area contributed by atoms with Crippen molar-refractivity contribution in [1.29, 1.82) is 0 Å². The van der Waals surface area contributed by atoms with E-state index in [-0.39, 0.29) is 82.4 Å². The van der Waals surface area contributed by atoms with Crippen LogP contribution in [-0.2, 0) is 0 Å². The molecular weight excluding hydrogens is 117 g/mol. The second kappa shape index (κ2) is 18.0. The molecule has 4 heavy (non-hydrogen) atoms. The van der Waals surface area contributed by atoms with Crippen LogP contribution in [0.15, 0.2) is 0 Å². The Hall–Kier alpha value is 2.46. The molecule has 0 radical (unpaired) electrons. The fourth-order valence-electron chi connectivity index (χ4n) is 0. The van der Waals surface area contributed by atoms with Crippen LogP contribution in [0.25, 0.3) is 0 Å². The largest absolute Gasteiger partial charge is 1.00 e. The molecule has 0 aromatic rings. The normalized spacial score (nSPS) is 0. The molecule has 0 rings (SSSR count).